The second-order valence-corrected chi connectivity index (χ2v) is 3.87. The lowest BCUT2D eigenvalue weighted by Gasteiger charge is -2.16. The number of rotatable bonds is 0. The number of halogens is 3. The van der Waals surface area contributed by atoms with Gasteiger partial charge in [0.15, 0.2) is 0 Å². The van der Waals surface area contributed by atoms with Crippen LogP contribution in [-0.2, 0) is 12.5 Å². The van der Waals surface area contributed by atoms with Crippen molar-refractivity contribution in [2.75, 3.05) is 6.54 Å². The fourth-order valence-electron chi connectivity index (χ4n) is 1.67. The van der Waals surface area contributed by atoms with Gasteiger partial charge in [0.25, 0.3) is 5.92 Å². The van der Waals surface area contributed by atoms with Crippen LogP contribution in [0.3, 0.4) is 0 Å². The highest BCUT2D eigenvalue weighted by atomic mass is 35.5. The molecule has 1 heterocycles. The van der Waals surface area contributed by atoms with Crippen LogP contribution in [0.2, 0.25) is 5.02 Å². The SMILES string of the molecule is FC1(F)CCNCc2cc(Cl)ccc21. The quantitative estimate of drug-likeness (QED) is 0.705. The predicted octanol–water partition coefficient (Wildman–Crippen LogP) is 2.93. The molecule has 1 N–H and O–H groups in total. The Bertz CT molecular complexity index is 352. The van der Waals surface area contributed by atoms with Crippen LogP contribution in [0.25, 0.3) is 0 Å². The van der Waals surface area contributed by atoms with Crippen LogP contribution in [0.5, 0.6) is 0 Å². The number of nitrogens with one attached hydrogen (secondary N) is 1. The first kappa shape index (κ1) is 9.87. The normalized spacial score (nSPS) is 19.9. The largest absolute Gasteiger partial charge is 0.312 e. The number of hydrogen-bond acceptors (Lipinski definition) is 1. The molecule has 0 aliphatic carbocycles. The average molecular weight is 218 g/mol. The molecule has 0 spiro atoms. The van der Waals surface area contributed by atoms with E-state index in [-0.39, 0.29) is 12.0 Å². The molecule has 0 unspecified atom stereocenters. The molecule has 0 aromatic heterocycles. The van der Waals surface area contributed by atoms with Crippen LogP contribution in [-0.4, -0.2) is 6.54 Å². The van der Waals surface area contributed by atoms with Gasteiger partial charge in [0, 0.05) is 30.1 Å². The molecule has 2 rings (SSSR count). The molecule has 14 heavy (non-hydrogen) atoms. The first-order valence-electron chi connectivity index (χ1n) is 4.47. The summed E-state index contributed by atoms with van der Waals surface area (Å²) in [5.41, 5.74) is 0.701. The van der Waals surface area contributed by atoms with Crippen molar-refractivity contribution in [3.8, 4) is 0 Å². The monoisotopic (exact) mass is 217 g/mol. The minimum absolute atomic E-state index is 0.104. The zero-order valence-electron chi connectivity index (χ0n) is 7.49. The highest BCUT2D eigenvalue weighted by Gasteiger charge is 2.34. The Hall–Kier alpha value is -0.670. The summed E-state index contributed by atoms with van der Waals surface area (Å²) >= 11 is 5.75. The summed E-state index contributed by atoms with van der Waals surface area (Å²) in [6, 6.07) is 4.54. The molecule has 0 saturated heterocycles. The third-order valence-corrected chi connectivity index (χ3v) is 2.63. The van der Waals surface area contributed by atoms with Gasteiger partial charge < -0.3 is 5.32 Å². The van der Waals surface area contributed by atoms with Gasteiger partial charge in [-0.15, -0.1) is 0 Å². The Labute approximate surface area is 86.1 Å². The maximum atomic E-state index is 13.5. The van der Waals surface area contributed by atoms with E-state index in [1.54, 1.807) is 6.07 Å². The molecule has 76 valence electrons. The summed E-state index contributed by atoms with van der Waals surface area (Å²) in [7, 11) is 0. The second-order valence-electron chi connectivity index (χ2n) is 3.43. The fraction of sp³-hybridized carbons (Fsp3) is 0.400. The van der Waals surface area contributed by atoms with Crippen LogP contribution in [0, 0.1) is 0 Å². The van der Waals surface area contributed by atoms with Crippen molar-refractivity contribution in [1.29, 1.82) is 0 Å². The van der Waals surface area contributed by atoms with Crippen LogP contribution in [0.1, 0.15) is 17.5 Å². The summed E-state index contributed by atoms with van der Waals surface area (Å²) in [4.78, 5) is 0. The first-order chi connectivity index (χ1) is 6.59. The molecule has 0 fully saturated rings. The van der Waals surface area contributed by atoms with E-state index in [4.69, 9.17) is 11.6 Å². The molecule has 0 amide bonds. The van der Waals surface area contributed by atoms with Gasteiger partial charge in [0.05, 0.1) is 0 Å². The van der Waals surface area contributed by atoms with E-state index < -0.39 is 5.92 Å². The summed E-state index contributed by atoms with van der Waals surface area (Å²) in [5, 5.41) is 3.45. The molecular weight excluding hydrogens is 208 g/mol. The number of hydrogen-bond donors (Lipinski definition) is 1. The summed E-state index contributed by atoms with van der Waals surface area (Å²) in [6.07, 6.45) is -0.151. The van der Waals surface area contributed by atoms with Crippen molar-refractivity contribution in [3.63, 3.8) is 0 Å². The topological polar surface area (TPSA) is 12.0 Å². The maximum absolute atomic E-state index is 13.5. The summed E-state index contributed by atoms with van der Waals surface area (Å²) in [6.45, 7) is 0.796. The molecule has 0 bridgehead atoms. The molecule has 1 aliphatic heterocycles. The standard InChI is InChI=1S/C10H10ClF2N/c11-8-1-2-9-7(5-8)6-14-4-3-10(9,12)13/h1-2,5,14H,3-4,6H2. The van der Waals surface area contributed by atoms with Crippen molar-refractivity contribution in [2.24, 2.45) is 0 Å². The average Bonchev–Trinajstić information content (AvgIpc) is 2.25. The lowest BCUT2D eigenvalue weighted by molar-refractivity contribution is -0.0106. The van der Waals surface area contributed by atoms with Gasteiger partial charge in [-0.1, -0.05) is 17.7 Å². The molecule has 1 nitrogen and oxygen atoms in total. The van der Waals surface area contributed by atoms with Crippen LogP contribution in [0.4, 0.5) is 8.78 Å². The zero-order valence-corrected chi connectivity index (χ0v) is 8.24. The molecule has 0 atom stereocenters. The zero-order chi connectivity index (χ0) is 10.2. The van der Waals surface area contributed by atoms with Gasteiger partial charge in [-0.2, -0.15) is 0 Å². The second kappa shape index (κ2) is 3.48. The van der Waals surface area contributed by atoms with E-state index in [0.717, 1.165) is 0 Å². The van der Waals surface area contributed by atoms with E-state index in [1.807, 2.05) is 0 Å². The van der Waals surface area contributed by atoms with Crippen LogP contribution >= 0.6 is 11.6 Å². The van der Waals surface area contributed by atoms with Crippen molar-refractivity contribution >= 4 is 11.6 Å². The molecule has 0 radical (unpaired) electrons. The number of benzene rings is 1. The number of alkyl halides is 2. The van der Waals surface area contributed by atoms with Crippen LogP contribution < -0.4 is 5.32 Å². The van der Waals surface area contributed by atoms with Gasteiger partial charge in [0.2, 0.25) is 0 Å². The highest BCUT2D eigenvalue weighted by Crippen LogP contribution is 2.36. The Morgan fingerprint density at radius 2 is 2.14 bits per heavy atom. The van der Waals surface area contributed by atoms with E-state index >= 15 is 0 Å². The van der Waals surface area contributed by atoms with E-state index in [0.29, 0.717) is 23.7 Å². The van der Waals surface area contributed by atoms with E-state index in [2.05, 4.69) is 5.32 Å². The van der Waals surface area contributed by atoms with Crippen LogP contribution in [0.15, 0.2) is 18.2 Å². The minimum Gasteiger partial charge on any atom is -0.312 e. The number of fused-ring (bicyclic) bond motifs is 1. The molecule has 1 aromatic rings. The fourth-order valence-corrected chi connectivity index (χ4v) is 1.86. The Morgan fingerprint density at radius 3 is 2.93 bits per heavy atom. The highest BCUT2D eigenvalue weighted by molar-refractivity contribution is 6.30. The maximum Gasteiger partial charge on any atom is 0.274 e. The molecule has 0 saturated carbocycles. The van der Waals surface area contributed by atoms with Crippen molar-refractivity contribution in [2.45, 2.75) is 18.9 Å². The predicted molar refractivity (Wildman–Crippen MR) is 51.7 cm³/mol. The third-order valence-electron chi connectivity index (χ3n) is 2.39. The first-order valence-corrected chi connectivity index (χ1v) is 4.85. The Morgan fingerprint density at radius 1 is 1.36 bits per heavy atom. The van der Waals surface area contributed by atoms with E-state index in [9.17, 15) is 8.78 Å². The smallest absolute Gasteiger partial charge is 0.274 e. The Kier molecular flexibility index (Phi) is 2.45. The van der Waals surface area contributed by atoms with Gasteiger partial charge >= 0.3 is 0 Å². The minimum atomic E-state index is -2.73. The van der Waals surface area contributed by atoms with E-state index in [1.165, 1.54) is 12.1 Å². The summed E-state index contributed by atoms with van der Waals surface area (Å²) < 4.78 is 27.0. The third kappa shape index (κ3) is 1.74. The summed E-state index contributed by atoms with van der Waals surface area (Å²) in [5.74, 6) is -2.73. The Balaban J connectivity index is 2.50. The van der Waals surface area contributed by atoms with Gasteiger partial charge in [-0.3, -0.25) is 0 Å². The van der Waals surface area contributed by atoms with Crippen molar-refractivity contribution in [3.05, 3.63) is 34.3 Å². The lowest BCUT2D eigenvalue weighted by Crippen LogP contribution is -2.17. The lowest BCUT2D eigenvalue weighted by atomic mass is 10.0. The van der Waals surface area contributed by atoms with Crippen molar-refractivity contribution in [1.82, 2.24) is 5.32 Å². The van der Waals surface area contributed by atoms with Gasteiger partial charge in [-0.25, -0.2) is 8.78 Å². The van der Waals surface area contributed by atoms with Gasteiger partial charge in [0.1, 0.15) is 0 Å². The molecular formula is C10H10ClF2N. The van der Waals surface area contributed by atoms with Crippen molar-refractivity contribution < 1.29 is 8.78 Å². The molecule has 1 aromatic carbocycles. The molecule has 4 heteroatoms. The molecule has 1 aliphatic rings. The van der Waals surface area contributed by atoms with Gasteiger partial charge in [-0.05, 0) is 17.7 Å².